The summed E-state index contributed by atoms with van der Waals surface area (Å²) in [6.07, 6.45) is 2.15. The van der Waals surface area contributed by atoms with Crippen molar-refractivity contribution in [2.24, 2.45) is 4.99 Å². The lowest BCUT2D eigenvalue weighted by Crippen LogP contribution is -2.45. The SMILES string of the molecule is CCCNC(=NCC(=O)N(C)C)NC(C)COC1CCOC1.I. The summed E-state index contributed by atoms with van der Waals surface area (Å²) in [6.45, 7) is 7.11. The minimum Gasteiger partial charge on any atom is -0.379 e. The Morgan fingerprint density at radius 3 is 2.78 bits per heavy atom. The van der Waals surface area contributed by atoms with Crippen LogP contribution in [0.2, 0.25) is 0 Å². The number of carbonyl (C=O) groups is 1. The number of ether oxygens (including phenoxy) is 2. The van der Waals surface area contributed by atoms with Crippen LogP contribution in [0.25, 0.3) is 0 Å². The van der Waals surface area contributed by atoms with E-state index < -0.39 is 0 Å². The molecule has 136 valence electrons. The molecule has 0 bridgehead atoms. The molecular weight excluding hydrogens is 411 g/mol. The summed E-state index contributed by atoms with van der Waals surface area (Å²) >= 11 is 0. The van der Waals surface area contributed by atoms with Crippen LogP contribution in [0.1, 0.15) is 26.7 Å². The molecule has 1 heterocycles. The third kappa shape index (κ3) is 9.98. The maximum absolute atomic E-state index is 11.6. The first kappa shape index (κ1) is 22.4. The normalized spacial score (nSPS) is 19.0. The number of nitrogens with one attached hydrogen (secondary N) is 2. The van der Waals surface area contributed by atoms with Gasteiger partial charge < -0.3 is 25.0 Å². The first-order valence-electron chi connectivity index (χ1n) is 7.97. The van der Waals surface area contributed by atoms with Crippen LogP contribution in [-0.4, -0.2) is 75.9 Å². The molecule has 1 aliphatic rings. The van der Waals surface area contributed by atoms with E-state index >= 15 is 0 Å². The number of nitrogens with zero attached hydrogens (tertiary/aromatic N) is 2. The summed E-state index contributed by atoms with van der Waals surface area (Å²) in [5, 5.41) is 6.48. The van der Waals surface area contributed by atoms with E-state index in [1.807, 2.05) is 6.92 Å². The predicted molar refractivity (Wildman–Crippen MR) is 102 cm³/mol. The Bertz CT molecular complexity index is 361. The Morgan fingerprint density at radius 2 is 2.22 bits per heavy atom. The van der Waals surface area contributed by atoms with E-state index in [1.165, 1.54) is 4.90 Å². The van der Waals surface area contributed by atoms with Gasteiger partial charge in [-0.1, -0.05) is 6.92 Å². The van der Waals surface area contributed by atoms with E-state index in [4.69, 9.17) is 9.47 Å². The molecule has 0 radical (unpaired) electrons. The molecule has 7 nitrogen and oxygen atoms in total. The molecule has 8 heteroatoms. The number of likely N-dealkylation sites (N-methyl/N-ethyl adjacent to an activating group) is 1. The van der Waals surface area contributed by atoms with Crippen molar-refractivity contribution in [2.45, 2.75) is 38.8 Å². The standard InChI is InChI=1S/C15H30N4O3.HI/c1-5-7-16-15(17-9-14(20)19(3)4)18-12(2)10-22-13-6-8-21-11-13;/h12-13H,5-11H2,1-4H3,(H2,16,17,18);1H. The molecule has 1 fully saturated rings. The summed E-state index contributed by atoms with van der Waals surface area (Å²) in [5.41, 5.74) is 0. The van der Waals surface area contributed by atoms with E-state index in [2.05, 4.69) is 22.5 Å². The van der Waals surface area contributed by atoms with Crippen molar-refractivity contribution in [3.63, 3.8) is 0 Å². The lowest BCUT2D eigenvalue weighted by molar-refractivity contribution is -0.127. The molecule has 0 aliphatic carbocycles. The molecule has 0 aromatic carbocycles. The summed E-state index contributed by atoms with van der Waals surface area (Å²) < 4.78 is 11.1. The average molecular weight is 442 g/mol. The molecule has 2 N–H and O–H groups in total. The van der Waals surface area contributed by atoms with Gasteiger partial charge in [-0.15, -0.1) is 24.0 Å². The number of aliphatic imine (C=N–C) groups is 1. The van der Waals surface area contributed by atoms with Crippen LogP contribution < -0.4 is 10.6 Å². The zero-order valence-electron chi connectivity index (χ0n) is 14.6. The molecule has 1 aliphatic heterocycles. The van der Waals surface area contributed by atoms with Gasteiger partial charge >= 0.3 is 0 Å². The van der Waals surface area contributed by atoms with E-state index in [1.54, 1.807) is 14.1 Å². The molecule has 2 unspecified atom stereocenters. The van der Waals surface area contributed by atoms with E-state index in [0.717, 1.165) is 26.0 Å². The first-order chi connectivity index (χ1) is 10.5. The molecule has 0 aromatic rings. The number of rotatable bonds is 8. The fourth-order valence-electron chi connectivity index (χ4n) is 1.88. The largest absolute Gasteiger partial charge is 0.379 e. The monoisotopic (exact) mass is 442 g/mol. The van der Waals surface area contributed by atoms with Crippen molar-refractivity contribution in [2.75, 3.05) is 47.0 Å². The third-order valence-electron chi connectivity index (χ3n) is 3.27. The number of carbonyl (C=O) groups excluding carboxylic acids is 1. The summed E-state index contributed by atoms with van der Waals surface area (Å²) in [4.78, 5) is 17.5. The molecule has 23 heavy (non-hydrogen) atoms. The molecular formula is C15H31IN4O3. The fraction of sp³-hybridized carbons (Fsp3) is 0.867. The van der Waals surface area contributed by atoms with E-state index in [9.17, 15) is 4.79 Å². The molecule has 1 rings (SSSR count). The quantitative estimate of drug-likeness (QED) is 0.331. The molecule has 0 spiro atoms. The number of amides is 1. The van der Waals surface area contributed by atoms with Gasteiger partial charge in [-0.3, -0.25) is 4.79 Å². The van der Waals surface area contributed by atoms with Crippen molar-refractivity contribution >= 4 is 35.8 Å². The second-order valence-corrected chi connectivity index (χ2v) is 5.74. The maximum atomic E-state index is 11.6. The average Bonchev–Trinajstić information content (AvgIpc) is 3.00. The van der Waals surface area contributed by atoms with E-state index in [-0.39, 0.29) is 48.6 Å². The molecule has 1 saturated heterocycles. The number of hydrogen-bond acceptors (Lipinski definition) is 4. The Kier molecular flexibility index (Phi) is 12.4. The Labute approximate surface area is 156 Å². The van der Waals surface area contributed by atoms with Crippen molar-refractivity contribution in [3.05, 3.63) is 0 Å². The van der Waals surface area contributed by atoms with Crippen molar-refractivity contribution in [1.82, 2.24) is 15.5 Å². The van der Waals surface area contributed by atoms with Crippen LogP contribution in [0.15, 0.2) is 4.99 Å². The van der Waals surface area contributed by atoms with Gasteiger partial charge in [0, 0.05) is 33.3 Å². The fourth-order valence-corrected chi connectivity index (χ4v) is 1.88. The summed E-state index contributed by atoms with van der Waals surface area (Å²) in [6, 6.07) is 0.109. The van der Waals surface area contributed by atoms with Gasteiger partial charge in [0.25, 0.3) is 0 Å². The topological polar surface area (TPSA) is 75.2 Å². The maximum Gasteiger partial charge on any atom is 0.243 e. The Balaban J connectivity index is 0.00000484. The predicted octanol–water partition coefficient (Wildman–Crippen LogP) is 0.832. The molecule has 0 aromatic heterocycles. The zero-order chi connectivity index (χ0) is 16.4. The lowest BCUT2D eigenvalue weighted by Gasteiger charge is -2.20. The lowest BCUT2D eigenvalue weighted by atomic mass is 10.3. The van der Waals surface area contributed by atoms with Gasteiger partial charge in [-0.05, 0) is 19.8 Å². The van der Waals surface area contributed by atoms with Crippen molar-refractivity contribution in [1.29, 1.82) is 0 Å². The van der Waals surface area contributed by atoms with Crippen LogP contribution in [0.3, 0.4) is 0 Å². The van der Waals surface area contributed by atoms with Crippen LogP contribution in [-0.2, 0) is 14.3 Å². The van der Waals surface area contributed by atoms with Gasteiger partial charge in [0.15, 0.2) is 5.96 Å². The van der Waals surface area contributed by atoms with Crippen LogP contribution in [0.5, 0.6) is 0 Å². The second-order valence-electron chi connectivity index (χ2n) is 5.74. The van der Waals surface area contributed by atoms with Gasteiger partial charge in [0.05, 0.1) is 19.3 Å². The Morgan fingerprint density at radius 1 is 1.48 bits per heavy atom. The highest BCUT2D eigenvalue weighted by molar-refractivity contribution is 14.0. The minimum atomic E-state index is -0.0235. The third-order valence-corrected chi connectivity index (χ3v) is 3.27. The van der Waals surface area contributed by atoms with Gasteiger partial charge in [0.1, 0.15) is 6.54 Å². The minimum absolute atomic E-state index is 0. The Hall–Kier alpha value is -0.610. The van der Waals surface area contributed by atoms with Crippen LogP contribution in [0.4, 0.5) is 0 Å². The highest BCUT2D eigenvalue weighted by Crippen LogP contribution is 2.08. The van der Waals surface area contributed by atoms with Gasteiger partial charge in [-0.25, -0.2) is 4.99 Å². The second kappa shape index (κ2) is 12.8. The summed E-state index contributed by atoms with van der Waals surface area (Å²) in [5.74, 6) is 0.625. The molecule has 2 atom stereocenters. The van der Waals surface area contributed by atoms with Crippen LogP contribution >= 0.6 is 24.0 Å². The zero-order valence-corrected chi connectivity index (χ0v) is 17.0. The summed E-state index contributed by atoms with van der Waals surface area (Å²) in [7, 11) is 3.45. The number of halogens is 1. The molecule has 0 saturated carbocycles. The van der Waals surface area contributed by atoms with Crippen molar-refractivity contribution in [3.8, 4) is 0 Å². The number of hydrogen-bond donors (Lipinski definition) is 2. The molecule has 1 amide bonds. The first-order valence-corrected chi connectivity index (χ1v) is 7.97. The highest BCUT2D eigenvalue weighted by Gasteiger charge is 2.17. The van der Waals surface area contributed by atoms with Gasteiger partial charge in [0.2, 0.25) is 5.91 Å². The van der Waals surface area contributed by atoms with Crippen LogP contribution in [0, 0.1) is 0 Å². The van der Waals surface area contributed by atoms with Crippen molar-refractivity contribution < 1.29 is 14.3 Å². The van der Waals surface area contributed by atoms with E-state index in [0.29, 0.717) is 19.2 Å². The number of guanidine groups is 1. The van der Waals surface area contributed by atoms with Gasteiger partial charge in [-0.2, -0.15) is 0 Å². The smallest absolute Gasteiger partial charge is 0.243 e. The highest BCUT2D eigenvalue weighted by atomic mass is 127.